The lowest BCUT2D eigenvalue weighted by molar-refractivity contribution is -0.138. The van der Waals surface area contributed by atoms with E-state index < -0.39 is 28.7 Å². The van der Waals surface area contributed by atoms with Gasteiger partial charge in [0.1, 0.15) is 0 Å². The molecular formula is C2H3NO6P2+2. The molecule has 9 heteroatoms. The molecule has 0 saturated carbocycles. The van der Waals surface area contributed by atoms with E-state index in [2.05, 4.69) is 13.4 Å². The topological polar surface area (TPSA) is 105 Å². The smallest absolute Gasteiger partial charge is 0.365 e. The Hall–Kier alpha value is -0.450. The van der Waals surface area contributed by atoms with Crippen LogP contribution in [-0.2, 0) is 27.3 Å². The van der Waals surface area contributed by atoms with Gasteiger partial charge < -0.3 is 5.73 Å². The van der Waals surface area contributed by atoms with Gasteiger partial charge in [-0.3, -0.25) is 4.79 Å². The van der Waals surface area contributed by atoms with Crippen LogP contribution in [0, 0.1) is 0 Å². The van der Waals surface area contributed by atoms with E-state index in [9.17, 15) is 13.9 Å². The van der Waals surface area contributed by atoms with Crippen molar-refractivity contribution in [2.75, 3.05) is 0 Å². The highest BCUT2D eigenvalue weighted by atomic mass is 31.2. The second-order valence-electron chi connectivity index (χ2n) is 1.47. The number of rotatable bonds is 1. The predicted molar refractivity (Wildman–Crippen MR) is 31.5 cm³/mol. The van der Waals surface area contributed by atoms with Crippen LogP contribution in [0.1, 0.15) is 0 Å². The van der Waals surface area contributed by atoms with Crippen LogP contribution in [0.3, 0.4) is 0 Å². The van der Waals surface area contributed by atoms with E-state index in [1.807, 2.05) is 0 Å². The molecule has 2 N–H and O–H groups in total. The summed E-state index contributed by atoms with van der Waals surface area (Å²) in [4.78, 5) is 10.3. The van der Waals surface area contributed by atoms with Gasteiger partial charge in [-0.25, -0.2) is 0 Å². The van der Waals surface area contributed by atoms with Crippen molar-refractivity contribution in [3.63, 3.8) is 0 Å². The molecule has 1 amide bonds. The molecule has 1 aliphatic rings. The lowest BCUT2D eigenvalue weighted by Crippen LogP contribution is -2.31. The lowest BCUT2D eigenvalue weighted by atomic mass is 10.6. The number of carbonyl (C=O) groups is 1. The zero-order valence-electron chi connectivity index (χ0n) is 5.00. The molecule has 1 saturated heterocycles. The van der Waals surface area contributed by atoms with Crippen LogP contribution in [-0.4, -0.2) is 12.2 Å². The van der Waals surface area contributed by atoms with Crippen LogP contribution in [0.15, 0.2) is 0 Å². The Morgan fingerprint density at radius 2 is 1.73 bits per heavy atom. The third kappa shape index (κ3) is 2.25. The van der Waals surface area contributed by atoms with Crippen molar-refractivity contribution in [3.05, 3.63) is 0 Å². The van der Waals surface area contributed by atoms with E-state index in [-0.39, 0.29) is 0 Å². The number of nitrogens with two attached hydrogens (primary N) is 1. The zero-order chi connectivity index (χ0) is 8.43. The molecule has 2 atom stereocenters. The summed E-state index contributed by atoms with van der Waals surface area (Å²) in [5, 5.41) is 0. The second kappa shape index (κ2) is 3.30. The van der Waals surface area contributed by atoms with Gasteiger partial charge in [0, 0.05) is 9.13 Å². The van der Waals surface area contributed by atoms with Crippen molar-refractivity contribution in [1.29, 1.82) is 0 Å². The first-order valence-electron chi connectivity index (χ1n) is 2.35. The number of hydrogen-bond donors (Lipinski definition) is 1. The Morgan fingerprint density at radius 1 is 1.27 bits per heavy atom. The lowest BCUT2D eigenvalue weighted by Gasteiger charge is -1.98. The summed E-state index contributed by atoms with van der Waals surface area (Å²) in [7, 11) is -5.12. The maximum absolute atomic E-state index is 10.4. The van der Waals surface area contributed by atoms with Crippen molar-refractivity contribution in [3.8, 4) is 0 Å². The van der Waals surface area contributed by atoms with Crippen molar-refractivity contribution in [1.82, 2.24) is 0 Å². The number of carbonyl (C=O) groups excluding carboxylic acids is 1. The Bertz CT molecular complexity index is 211. The van der Waals surface area contributed by atoms with Gasteiger partial charge >= 0.3 is 22.8 Å². The van der Waals surface area contributed by atoms with Gasteiger partial charge in [-0.1, -0.05) is 9.05 Å². The monoisotopic (exact) mass is 199 g/mol. The van der Waals surface area contributed by atoms with Crippen molar-refractivity contribution < 1.29 is 27.3 Å². The normalized spacial score (nSPS) is 31.8. The SMILES string of the molecule is NC(=O)C1O[P+](=O)O[P+](=O)O1. The Morgan fingerprint density at radius 3 is 2.09 bits per heavy atom. The fourth-order valence-corrected chi connectivity index (χ4v) is 1.79. The van der Waals surface area contributed by atoms with Crippen LogP contribution >= 0.6 is 16.5 Å². The van der Waals surface area contributed by atoms with E-state index in [0.717, 1.165) is 0 Å². The second-order valence-corrected chi connectivity index (χ2v) is 3.44. The minimum Gasteiger partial charge on any atom is -0.365 e. The highest BCUT2D eigenvalue weighted by Gasteiger charge is 2.54. The Labute approximate surface area is 62.7 Å². The average molecular weight is 199 g/mol. The predicted octanol–water partition coefficient (Wildman–Crippen LogP) is 0.176. The minimum atomic E-state index is -2.56. The number of primary amides is 1. The molecule has 1 fully saturated rings. The van der Waals surface area contributed by atoms with Gasteiger partial charge in [0.2, 0.25) is 0 Å². The van der Waals surface area contributed by atoms with Gasteiger partial charge in [0.05, 0.1) is 0 Å². The molecule has 7 nitrogen and oxygen atoms in total. The Balaban J connectivity index is 2.63. The largest absolute Gasteiger partial charge is 0.751 e. The summed E-state index contributed by atoms with van der Waals surface area (Å²) >= 11 is 0. The van der Waals surface area contributed by atoms with Gasteiger partial charge in [0.25, 0.3) is 5.91 Å². The highest BCUT2D eigenvalue weighted by Crippen LogP contribution is 2.46. The summed E-state index contributed by atoms with van der Waals surface area (Å²) in [6.07, 6.45) is -1.55. The van der Waals surface area contributed by atoms with Gasteiger partial charge in [-0.05, 0) is 0 Å². The quantitative estimate of drug-likeness (QED) is 0.603. The van der Waals surface area contributed by atoms with Gasteiger partial charge in [-0.2, -0.15) is 0 Å². The maximum Gasteiger partial charge on any atom is 0.751 e. The summed E-state index contributed by atoms with van der Waals surface area (Å²) < 4.78 is 33.3. The summed E-state index contributed by atoms with van der Waals surface area (Å²) in [6, 6.07) is 0. The molecule has 1 rings (SSSR count). The zero-order valence-corrected chi connectivity index (χ0v) is 6.79. The molecule has 60 valence electrons. The standard InChI is InChI=1S/C2H2NO6P2/c3-1(4)2-7-10(5)9-11(6)8-2/h2H,(H-,3,4)/q+1/p+1. The first-order valence-corrected chi connectivity index (χ1v) is 4.54. The van der Waals surface area contributed by atoms with E-state index in [0.29, 0.717) is 0 Å². The first-order chi connectivity index (χ1) is 5.09. The molecule has 0 radical (unpaired) electrons. The molecule has 0 bridgehead atoms. The van der Waals surface area contributed by atoms with Crippen molar-refractivity contribution in [2.45, 2.75) is 6.29 Å². The molecule has 2 unspecified atom stereocenters. The van der Waals surface area contributed by atoms with E-state index in [4.69, 9.17) is 5.73 Å². The van der Waals surface area contributed by atoms with Crippen LogP contribution in [0.4, 0.5) is 0 Å². The minimum absolute atomic E-state index is 1.000. The third-order valence-corrected chi connectivity index (χ3v) is 2.52. The molecule has 0 aliphatic carbocycles. The molecule has 0 spiro atoms. The van der Waals surface area contributed by atoms with Crippen LogP contribution < -0.4 is 5.73 Å². The van der Waals surface area contributed by atoms with Gasteiger partial charge in [0.15, 0.2) is 4.31 Å². The Kier molecular flexibility index (Phi) is 2.59. The summed E-state index contributed by atoms with van der Waals surface area (Å²) in [6.45, 7) is 0. The van der Waals surface area contributed by atoms with Crippen molar-refractivity contribution >= 4 is 22.4 Å². The number of hydrogen-bond acceptors (Lipinski definition) is 6. The molecule has 0 aromatic rings. The third-order valence-electron chi connectivity index (χ3n) is 0.729. The molecular weight excluding hydrogens is 196 g/mol. The summed E-state index contributed by atoms with van der Waals surface area (Å²) in [5.74, 6) is -1.000. The van der Waals surface area contributed by atoms with Gasteiger partial charge in [-0.15, -0.1) is 0 Å². The molecule has 1 aliphatic heterocycles. The molecule has 0 aromatic carbocycles. The van der Waals surface area contributed by atoms with Crippen LogP contribution in [0.5, 0.6) is 0 Å². The van der Waals surface area contributed by atoms with E-state index in [1.54, 1.807) is 0 Å². The highest BCUT2D eigenvalue weighted by molar-refractivity contribution is 7.48. The molecule has 0 aromatic heterocycles. The fraction of sp³-hybridized carbons (Fsp3) is 0.500. The summed E-state index contributed by atoms with van der Waals surface area (Å²) in [5.41, 5.74) is 4.69. The van der Waals surface area contributed by atoms with Crippen LogP contribution in [0.2, 0.25) is 0 Å². The fourth-order valence-electron chi connectivity index (χ4n) is 0.372. The maximum atomic E-state index is 10.4. The molecule has 11 heavy (non-hydrogen) atoms. The number of amides is 1. The van der Waals surface area contributed by atoms with Crippen LogP contribution in [0.25, 0.3) is 0 Å². The molecule has 1 heterocycles. The first kappa shape index (κ1) is 8.64. The van der Waals surface area contributed by atoms with E-state index in [1.165, 1.54) is 0 Å². The van der Waals surface area contributed by atoms with E-state index >= 15 is 0 Å². The van der Waals surface area contributed by atoms with Crippen molar-refractivity contribution in [2.24, 2.45) is 5.73 Å². The average Bonchev–Trinajstić information content (AvgIpc) is 1.85.